The van der Waals surface area contributed by atoms with E-state index in [0.717, 1.165) is 15.1 Å². The molecule has 0 aliphatic heterocycles. The van der Waals surface area contributed by atoms with Crippen molar-refractivity contribution in [1.29, 1.82) is 0 Å². The van der Waals surface area contributed by atoms with Crippen molar-refractivity contribution < 1.29 is 4.79 Å². The van der Waals surface area contributed by atoms with E-state index in [2.05, 4.69) is 15.3 Å². The second-order valence-electron chi connectivity index (χ2n) is 6.20. The summed E-state index contributed by atoms with van der Waals surface area (Å²) in [5, 5.41) is 5.27. The number of aryl methyl sites for hydroxylation is 2. The van der Waals surface area contributed by atoms with Crippen molar-refractivity contribution in [1.82, 2.24) is 19.1 Å². The maximum absolute atomic E-state index is 12.6. The Kier molecular flexibility index (Phi) is 4.44. The van der Waals surface area contributed by atoms with Gasteiger partial charge in [0, 0.05) is 30.5 Å². The normalized spacial score (nSPS) is 11.1. The average molecular weight is 413 g/mol. The van der Waals surface area contributed by atoms with Gasteiger partial charge in [0.1, 0.15) is 5.65 Å². The van der Waals surface area contributed by atoms with Crippen molar-refractivity contribution in [2.24, 2.45) is 14.1 Å². The van der Waals surface area contributed by atoms with Crippen LogP contribution in [0.1, 0.15) is 15.2 Å². The fourth-order valence-electron chi connectivity index (χ4n) is 2.78. The Morgan fingerprint density at radius 1 is 1.18 bits per heavy atom. The van der Waals surface area contributed by atoms with Crippen LogP contribution in [-0.4, -0.2) is 25.0 Å². The van der Waals surface area contributed by atoms with Crippen molar-refractivity contribution in [3.8, 4) is 10.6 Å². The Morgan fingerprint density at radius 3 is 2.68 bits per heavy atom. The van der Waals surface area contributed by atoms with Crippen LogP contribution >= 0.6 is 22.7 Å². The average Bonchev–Trinajstić information content (AvgIpc) is 3.33. The zero-order valence-electron chi connectivity index (χ0n) is 15.2. The number of anilines is 1. The van der Waals surface area contributed by atoms with Crippen LogP contribution in [0.5, 0.6) is 0 Å². The van der Waals surface area contributed by atoms with E-state index in [1.165, 1.54) is 47.1 Å². The van der Waals surface area contributed by atoms with Crippen LogP contribution in [0.15, 0.2) is 39.4 Å². The number of carbonyl (C=O) groups excluding carboxylic acids is 1. The molecule has 8 nitrogen and oxygen atoms in total. The highest BCUT2D eigenvalue weighted by Gasteiger charge is 2.15. The number of thiophene rings is 1. The highest BCUT2D eigenvalue weighted by molar-refractivity contribution is 7.17. The summed E-state index contributed by atoms with van der Waals surface area (Å²) in [6.07, 6.45) is 1.34. The molecule has 4 aromatic heterocycles. The van der Waals surface area contributed by atoms with Crippen molar-refractivity contribution in [2.45, 2.75) is 6.92 Å². The molecule has 0 aliphatic carbocycles. The highest BCUT2D eigenvalue weighted by Crippen LogP contribution is 2.30. The minimum Gasteiger partial charge on any atom is -0.298 e. The molecule has 0 saturated heterocycles. The Balaban J connectivity index is 1.65. The van der Waals surface area contributed by atoms with E-state index in [1.807, 2.05) is 24.4 Å². The standard InChI is InChI=1S/C18H15N5O3S2/c1-9-4-5-13(28-9)12-8-27-17(20-12)21-15(24)10-6-11-14(19-7-10)22(2)18(26)23(3)16(11)25/h4-8H,1-3H3,(H,20,21,24). The second-order valence-corrected chi connectivity index (χ2v) is 8.35. The predicted octanol–water partition coefficient (Wildman–Crippen LogP) is 2.38. The number of pyridine rings is 1. The summed E-state index contributed by atoms with van der Waals surface area (Å²) < 4.78 is 2.26. The zero-order valence-corrected chi connectivity index (χ0v) is 16.8. The lowest BCUT2D eigenvalue weighted by atomic mass is 10.2. The number of fused-ring (bicyclic) bond motifs is 1. The molecule has 0 unspecified atom stereocenters. The highest BCUT2D eigenvalue weighted by atomic mass is 32.1. The molecule has 0 radical (unpaired) electrons. The molecule has 10 heteroatoms. The van der Waals surface area contributed by atoms with Crippen molar-refractivity contribution >= 4 is 44.7 Å². The number of hydrogen-bond acceptors (Lipinski definition) is 7. The first-order valence-electron chi connectivity index (χ1n) is 8.24. The van der Waals surface area contributed by atoms with Gasteiger partial charge >= 0.3 is 5.69 Å². The zero-order chi connectivity index (χ0) is 20.0. The Hall–Kier alpha value is -3.11. The largest absolute Gasteiger partial charge is 0.332 e. The molecule has 0 spiro atoms. The van der Waals surface area contributed by atoms with Crippen molar-refractivity contribution in [2.75, 3.05) is 5.32 Å². The van der Waals surface area contributed by atoms with Gasteiger partial charge in [0.25, 0.3) is 11.5 Å². The van der Waals surface area contributed by atoms with E-state index < -0.39 is 17.2 Å². The summed E-state index contributed by atoms with van der Waals surface area (Å²) in [4.78, 5) is 47.7. The fraction of sp³-hybridized carbons (Fsp3) is 0.167. The van der Waals surface area contributed by atoms with Gasteiger partial charge in [-0.05, 0) is 25.1 Å². The van der Waals surface area contributed by atoms with E-state index in [0.29, 0.717) is 5.13 Å². The van der Waals surface area contributed by atoms with Gasteiger partial charge in [-0.2, -0.15) is 0 Å². The number of nitrogens with zero attached hydrogens (tertiary/aromatic N) is 4. The molecule has 1 amide bonds. The topological polar surface area (TPSA) is 98.9 Å². The molecule has 28 heavy (non-hydrogen) atoms. The summed E-state index contributed by atoms with van der Waals surface area (Å²) >= 11 is 2.96. The van der Waals surface area contributed by atoms with Gasteiger partial charge in [-0.15, -0.1) is 22.7 Å². The lowest BCUT2D eigenvalue weighted by molar-refractivity contribution is 0.102. The SMILES string of the molecule is Cc1ccc(-c2csc(NC(=O)c3cnc4c(c3)c(=O)n(C)c(=O)n4C)n2)s1. The van der Waals surface area contributed by atoms with Crippen LogP contribution in [0, 0.1) is 6.92 Å². The molecule has 142 valence electrons. The van der Waals surface area contributed by atoms with Crippen LogP contribution in [0.4, 0.5) is 5.13 Å². The molecule has 0 aliphatic rings. The van der Waals surface area contributed by atoms with Gasteiger partial charge in [0.05, 0.1) is 21.5 Å². The van der Waals surface area contributed by atoms with E-state index >= 15 is 0 Å². The van der Waals surface area contributed by atoms with Crippen LogP contribution in [0.3, 0.4) is 0 Å². The van der Waals surface area contributed by atoms with Gasteiger partial charge in [0.15, 0.2) is 5.13 Å². The van der Waals surface area contributed by atoms with Crippen molar-refractivity contribution in [3.05, 3.63) is 61.1 Å². The van der Waals surface area contributed by atoms with Gasteiger partial charge in [-0.1, -0.05) is 0 Å². The Morgan fingerprint density at radius 2 is 1.96 bits per heavy atom. The molecular weight excluding hydrogens is 398 g/mol. The molecule has 0 saturated carbocycles. The van der Waals surface area contributed by atoms with E-state index in [1.54, 1.807) is 11.3 Å². The molecular formula is C18H15N5O3S2. The third kappa shape index (κ3) is 3.06. The maximum Gasteiger partial charge on any atom is 0.332 e. The minimum absolute atomic E-state index is 0.200. The quantitative estimate of drug-likeness (QED) is 0.556. The summed E-state index contributed by atoms with van der Waals surface area (Å²) in [7, 11) is 2.92. The van der Waals surface area contributed by atoms with Crippen LogP contribution in [-0.2, 0) is 14.1 Å². The Labute approximate surface area is 166 Å². The molecule has 0 fully saturated rings. The second kappa shape index (κ2) is 6.80. The number of nitrogens with one attached hydrogen (secondary N) is 1. The number of amides is 1. The molecule has 0 bridgehead atoms. The lowest BCUT2D eigenvalue weighted by Crippen LogP contribution is -2.37. The van der Waals surface area contributed by atoms with E-state index in [-0.39, 0.29) is 16.6 Å². The molecule has 4 rings (SSSR count). The third-order valence-electron chi connectivity index (χ3n) is 4.27. The van der Waals surface area contributed by atoms with Crippen LogP contribution in [0.25, 0.3) is 21.6 Å². The number of carbonyl (C=O) groups is 1. The number of rotatable bonds is 3. The van der Waals surface area contributed by atoms with E-state index in [9.17, 15) is 14.4 Å². The predicted molar refractivity (Wildman–Crippen MR) is 110 cm³/mol. The summed E-state index contributed by atoms with van der Waals surface area (Å²) in [5.41, 5.74) is 0.284. The summed E-state index contributed by atoms with van der Waals surface area (Å²) in [6, 6.07) is 5.46. The maximum atomic E-state index is 12.6. The van der Waals surface area contributed by atoms with E-state index in [4.69, 9.17) is 0 Å². The monoisotopic (exact) mass is 413 g/mol. The molecule has 0 aromatic carbocycles. The van der Waals surface area contributed by atoms with Gasteiger partial charge < -0.3 is 0 Å². The molecule has 4 aromatic rings. The first kappa shape index (κ1) is 18.3. The van der Waals surface area contributed by atoms with Crippen LogP contribution in [0.2, 0.25) is 0 Å². The fourth-order valence-corrected chi connectivity index (χ4v) is 4.38. The van der Waals surface area contributed by atoms with Gasteiger partial charge in [-0.25, -0.2) is 14.8 Å². The van der Waals surface area contributed by atoms with Gasteiger partial charge in [-0.3, -0.25) is 24.0 Å². The summed E-state index contributed by atoms with van der Waals surface area (Å²) in [5.74, 6) is -0.423. The minimum atomic E-state index is -0.496. The number of thiazole rings is 1. The molecule has 4 heterocycles. The molecule has 0 atom stereocenters. The number of aromatic nitrogens is 4. The van der Waals surface area contributed by atoms with Gasteiger partial charge in [0.2, 0.25) is 0 Å². The first-order valence-corrected chi connectivity index (χ1v) is 9.94. The first-order chi connectivity index (χ1) is 13.3. The van der Waals surface area contributed by atoms with Crippen molar-refractivity contribution in [3.63, 3.8) is 0 Å². The summed E-state index contributed by atoms with van der Waals surface area (Å²) in [6.45, 7) is 2.02. The lowest BCUT2D eigenvalue weighted by Gasteiger charge is -2.07. The third-order valence-corrected chi connectivity index (χ3v) is 6.05. The molecule has 1 N–H and O–H groups in total. The smallest absolute Gasteiger partial charge is 0.298 e. The Bertz CT molecular complexity index is 1350. The van der Waals surface area contributed by atoms with Crippen LogP contribution < -0.4 is 16.6 Å². The number of hydrogen-bond donors (Lipinski definition) is 1.